The Balaban J connectivity index is 1.69. The standard InChI is InChI=1S/C22H18ClN3O4S/c23-18-6-2-4-8-20(18)26-31(29,30)16-12-9-15(10-13-16)11-14-21(27)25-19-7-3-1-5-17(19)22(24)28/h1-14,26H,(H2,24,28)(H,25,27)/b14-11+. The molecule has 0 unspecified atom stereocenters. The molecule has 3 aromatic rings. The molecule has 2 amide bonds. The van der Waals surface area contributed by atoms with E-state index in [0.717, 1.165) is 0 Å². The van der Waals surface area contributed by atoms with Gasteiger partial charge >= 0.3 is 0 Å². The molecular formula is C22H18ClN3O4S. The van der Waals surface area contributed by atoms with Gasteiger partial charge in [0.15, 0.2) is 0 Å². The molecule has 0 aliphatic rings. The number of anilines is 2. The van der Waals surface area contributed by atoms with Crippen molar-refractivity contribution in [1.82, 2.24) is 0 Å². The summed E-state index contributed by atoms with van der Waals surface area (Å²) in [5, 5.41) is 2.87. The van der Waals surface area contributed by atoms with Gasteiger partial charge in [0, 0.05) is 6.08 Å². The van der Waals surface area contributed by atoms with E-state index >= 15 is 0 Å². The number of carbonyl (C=O) groups is 2. The first-order valence-corrected chi connectivity index (χ1v) is 10.9. The number of benzene rings is 3. The zero-order valence-corrected chi connectivity index (χ0v) is 17.7. The van der Waals surface area contributed by atoms with E-state index in [0.29, 0.717) is 11.3 Å². The zero-order chi connectivity index (χ0) is 22.4. The molecule has 158 valence electrons. The average molecular weight is 456 g/mol. The third kappa shape index (κ3) is 5.71. The molecule has 0 heterocycles. The maximum atomic E-state index is 12.5. The number of carbonyl (C=O) groups excluding carboxylic acids is 2. The van der Waals surface area contributed by atoms with Gasteiger partial charge in [0.05, 0.1) is 26.9 Å². The number of hydrogen-bond acceptors (Lipinski definition) is 4. The lowest BCUT2D eigenvalue weighted by atomic mass is 10.1. The molecule has 9 heteroatoms. The van der Waals surface area contributed by atoms with Gasteiger partial charge in [-0.25, -0.2) is 8.42 Å². The lowest BCUT2D eigenvalue weighted by molar-refractivity contribution is -0.111. The van der Waals surface area contributed by atoms with Crippen molar-refractivity contribution < 1.29 is 18.0 Å². The van der Waals surface area contributed by atoms with Crippen molar-refractivity contribution in [3.63, 3.8) is 0 Å². The van der Waals surface area contributed by atoms with Gasteiger partial charge in [-0.2, -0.15) is 0 Å². The number of amides is 2. The Morgan fingerprint density at radius 3 is 2.13 bits per heavy atom. The first-order chi connectivity index (χ1) is 14.8. The van der Waals surface area contributed by atoms with Gasteiger partial charge in [-0.3, -0.25) is 14.3 Å². The minimum Gasteiger partial charge on any atom is -0.366 e. The smallest absolute Gasteiger partial charge is 0.261 e. The summed E-state index contributed by atoms with van der Waals surface area (Å²) in [6.07, 6.45) is 2.78. The zero-order valence-electron chi connectivity index (χ0n) is 16.1. The van der Waals surface area contributed by atoms with E-state index in [2.05, 4.69) is 10.0 Å². The average Bonchev–Trinajstić information content (AvgIpc) is 2.74. The summed E-state index contributed by atoms with van der Waals surface area (Å²) in [4.78, 5) is 23.6. The second kappa shape index (κ2) is 9.46. The first kappa shape index (κ1) is 22.1. The Morgan fingerprint density at radius 1 is 0.871 bits per heavy atom. The van der Waals surface area contributed by atoms with Crippen LogP contribution >= 0.6 is 11.6 Å². The molecule has 0 spiro atoms. The van der Waals surface area contributed by atoms with Gasteiger partial charge < -0.3 is 11.1 Å². The number of primary amides is 1. The highest BCUT2D eigenvalue weighted by Gasteiger charge is 2.15. The maximum Gasteiger partial charge on any atom is 0.261 e. The third-order valence-electron chi connectivity index (χ3n) is 4.19. The van der Waals surface area contributed by atoms with E-state index in [4.69, 9.17) is 17.3 Å². The molecule has 0 aliphatic heterocycles. The van der Waals surface area contributed by atoms with E-state index in [1.807, 2.05) is 0 Å². The van der Waals surface area contributed by atoms with Crippen molar-refractivity contribution >= 4 is 50.9 Å². The molecule has 4 N–H and O–H groups in total. The normalized spacial score (nSPS) is 11.3. The molecule has 7 nitrogen and oxygen atoms in total. The van der Waals surface area contributed by atoms with Crippen molar-refractivity contribution in [3.8, 4) is 0 Å². The number of rotatable bonds is 7. The Morgan fingerprint density at radius 2 is 1.48 bits per heavy atom. The first-order valence-electron chi connectivity index (χ1n) is 9.01. The van der Waals surface area contributed by atoms with E-state index in [9.17, 15) is 18.0 Å². The lowest BCUT2D eigenvalue weighted by Gasteiger charge is -2.09. The largest absolute Gasteiger partial charge is 0.366 e. The van der Waals surface area contributed by atoms with Crippen LogP contribution in [0.15, 0.2) is 83.8 Å². The van der Waals surface area contributed by atoms with Crippen molar-refractivity contribution in [2.75, 3.05) is 10.0 Å². The monoisotopic (exact) mass is 455 g/mol. The summed E-state index contributed by atoms with van der Waals surface area (Å²) in [6, 6.07) is 18.8. The molecule has 3 rings (SSSR count). The molecule has 0 bridgehead atoms. The molecule has 3 aromatic carbocycles. The number of nitrogens with two attached hydrogens (primary N) is 1. The Hall–Kier alpha value is -3.62. The van der Waals surface area contributed by atoms with Gasteiger partial charge in [0.25, 0.3) is 15.9 Å². The molecule has 0 saturated heterocycles. The fourth-order valence-electron chi connectivity index (χ4n) is 2.66. The minimum atomic E-state index is -3.82. The predicted molar refractivity (Wildman–Crippen MR) is 121 cm³/mol. The highest BCUT2D eigenvalue weighted by Crippen LogP contribution is 2.24. The van der Waals surface area contributed by atoms with Crippen molar-refractivity contribution in [2.45, 2.75) is 4.90 Å². The van der Waals surface area contributed by atoms with Crippen LogP contribution in [0.25, 0.3) is 6.08 Å². The van der Waals surface area contributed by atoms with E-state index < -0.39 is 21.8 Å². The fraction of sp³-hybridized carbons (Fsp3) is 0. The number of para-hydroxylation sites is 2. The van der Waals surface area contributed by atoms with Crippen LogP contribution in [0.1, 0.15) is 15.9 Å². The number of sulfonamides is 1. The van der Waals surface area contributed by atoms with Crippen LogP contribution in [0.4, 0.5) is 11.4 Å². The van der Waals surface area contributed by atoms with Crippen molar-refractivity contribution in [1.29, 1.82) is 0 Å². The Labute approximate surface area is 184 Å². The quantitative estimate of drug-likeness (QED) is 0.468. The van der Waals surface area contributed by atoms with Crippen LogP contribution in [0, 0.1) is 0 Å². The van der Waals surface area contributed by atoms with Gasteiger partial charge in [-0.05, 0) is 48.0 Å². The van der Waals surface area contributed by atoms with Crippen molar-refractivity contribution in [2.24, 2.45) is 5.73 Å². The van der Waals surface area contributed by atoms with E-state index in [1.165, 1.54) is 30.4 Å². The van der Waals surface area contributed by atoms with Crippen molar-refractivity contribution in [3.05, 3.63) is 95.0 Å². The summed E-state index contributed by atoms with van der Waals surface area (Å²) < 4.78 is 27.5. The molecule has 0 saturated carbocycles. The summed E-state index contributed by atoms with van der Waals surface area (Å²) >= 11 is 6.00. The molecule has 0 fully saturated rings. The van der Waals surface area contributed by atoms with Crippen LogP contribution in [0.2, 0.25) is 5.02 Å². The fourth-order valence-corrected chi connectivity index (χ4v) is 3.98. The summed E-state index contributed by atoms with van der Waals surface area (Å²) in [6.45, 7) is 0. The van der Waals surface area contributed by atoms with Crippen LogP contribution in [0.5, 0.6) is 0 Å². The van der Waals surface area contributed by atoms with Crippen LogP contribution in [-0.4, -0.2) is 20.2 Å². The maximum absolute atomic E-state index is 12.5. The van der Waals surface area contributed by atoms with Gasteiger partial charge in [0.2, 0.25) is 5.91 Å². The summed E-state index contributed by atoms with van der Waals surface area (Å²) in [5.41, 5.74) is 6.68. The molecule has 0 aliphatic carbocycles. The van der Waals surface area contributed by atoms with Crippen LogP contribution < -0.4 is 15.8 Å². The molecule has 0 aromatic heterocycles. The SMILES string of the molecule is NC(=O)c1ccccc1NC(=O)/C=C/c1ccc(S(=O)(=O)Nc2ccccc2Cl)cc1. The van der Waals surface area contributed by atoms with E-state index in [1.54, 1.807) is 54.6 Å². The van der Waals surface area contributed by atoms with Crippen LogP contribution in [-0.2, 0) is 14.8 Å². The lowest BCUT2D eigenvalue weighted by Crippen LogP contribution is -2.16. The molecular weight excluding hydrogens is 438 g/mol. The van der Waals surface area contributed by atoms with Gasteiger partial charge in [-0.15, -0.1) is 0 Å². The molecule has 0 radical (unpaired) electrons. The topological polar surface area (TPSA) is 118 Å². The highest BCUT2D eigenvalue weighted by molar-refractivity contribution is 7.92. The van der Waals surface area contributed by atoms with Gasteiger partial charge in [-0.1, -0.05) is 48.0 Å². The second-order valence-electron chi connectivity index (χ2n) is 6.39. The number of nitrogens with one attached hydrogen (secondary N) is 2. The van der Waals surface area contributed by atoms with Crippen LogP contribution in [0.3, 0.4) is 0 Å². The highest BCUT2D eigenvalue weighted by atomic mass is 35.5. The third-order valence-corrected chi connectivity index (χ3v) is 5.90. The summed E-state index contributed by atoms with van der Waals surface area (Å²) in [5.74, 6) is -1.12. The Bertz CT molecular complexity index is 1260. The minimum absolute atomic E-state index is 0.0457. The predicted octanol–water partition coefficient (Wildman–Crippen LogP) is 3.89. The summed E-state index contributed by atoms with van der Waals surface area (Å²) in [7, 11) is -3.82. The Kier molecular flexibility index (Phi) is 6.74. The van der Waals surface area contributed by atoms with E-state index in [-0.39, 0.29) is 21.2 Å². The number of hydrogen-bond donors (Lipinski definition) is 3. The molecule has 0 atom stereocenters. The van der Waals surface area contributed by atoms with Gasteiger partial charge in [0.1, 0.15) is 0 Å². The second-order valence-corrected chi connectivity index (χ2v) is 8.48. The number of halogens is 1. The molecule has 31 heavy (non-hydrogen) atoms.